The SMILES string of the molecule is Cc1noc2ncc(C(=O)NCCNC3CCCCCC3)cc12.Cl. The first-order chi connectivity index (χ1) is 11.2. The van der Waals surface area contributed by atoms with Gasteiger partial charge in [0, 0.05) is 25.3 Å². The largest absolute Gasteiger partial charge is 0.351 e. The number of rotatable bonds is 5. The van der Waals surface area contributed by atoms with Crippen LogP contribution in [0.15, 0.2) is 16.8 Å². The molecule has 0 radical (unpaired) electrons. The van der Waals surface area contributed by atoms with Gasteiger partial charge in [-0.2, -0.15) is 0 Å². The lowest BCUT2D eigenvalue weighted by Crippen LogP contribution is -2.36. The highest BCUT2D eigenvalue weighted by molar-refractivity contribution is 5.96. The molecule has 0 atom stereocenters. The highest BCUT2D eigenvalue weighted by Crippen LogP contribution is 2.17. The molecule has 2 aromatic rings. The molecular formula is C17H25ClN4O2. The number of amides is 1. The number of nitrogens with zero attached hydrogens (tertiary/aromatic N) is 2. The van der Waals surface area contributed by atoms with E-state index in [1.165, 1.54) is 44.7 Å². The molecule has 7 heteroatoms. The fraction of sp³-hybridized carbons (Fsp3) is 0.588. The van der Waals surface area contributed by atoms with Crippen LogP contribution in [0.1, 0.15) is 54.6 Å². The number of carbonyl (C=O) groups excluding carboxylic acids is 1. The van der Waals surface area contributed by atoms with Gasteiger partial charge in [-0.3, -0.25) is 4.79 Å². The third kappa shape index (κ3) is 4.68. The van der Waals surface area contributed by atoms with Crippen LogP contribution >= 0.6 is 12.4 Å². The zero-order valence-corrected chi connectivity index (χ0v) is 14.8. The maximum absolute atomic E-state index is 12.2. The number of aryl methyl sites for hydroxylation is 1. The number of carbonyl (C=O) groups is 1. The number of nitrogens with one attached hydrogen (secondary N) is 2. The van der Waals surface area contributed by atoms with Gasteiger partial charge in [0.1, 0.15) is 0 Å². The van der Waals surface area contributed by atoms with Crippen LogP contribution in [0.25, 0.3) is 11.1 Å². The van der Waals surface area contributed by atoms with E-state index in [4.69, 9.17) is 4.52 Å². The molecule has 0 aromatic carbocycles. The van der Waals surface area contributed by atoms with E-state index in [9.17, 15) is 4.79 Å². The Labute approximate surface area is 148 Å². The topological polar surface area (TPSA) is 80.0 Å². The first-order valence-electron chi connectivity index (χ1n) is 8.47. The molecule has 2 heterocycles. The number of halogens is 1. The number of hydrogen-bond donors (Lipinski definition) is 2. The molecule has 0 spiro atoms. The third-order valence-electron chi connectivity index (χ3n) is 4.47. The van der Waals surface area contributed by atoms with E-state index in [0.717, 1.165) is 17.6 Å². The average molecular weight is 353 g/mol. The molecule has 2 aromatic heterocycles. The molecule has 1 amide bonds. The van der Waals surface area contributed by atoms with E-state index in [-0.39, 0.29) is 18.3 Å². The summed E-state index contributed by atoms with van der Waals surface area (Å²) in [4.78, 5) is 16.3. The zero-order valence-electron chi connectivity index (χ0n) is 14.0. The number of hydrogen-bond acceptors (Lipinski definition) is 5. The van der Waals surface area contributed by atoms with E-state index in [0.29, 0.717) is 23.9 Å². The van der Waals surface area contributed by atoms with Gasteiger partial charge in [0.2, 0.25) is 0 Å². The van der Waals surface area contributed by atoms with Crippen LogP contribution in [-0.2, 0) is 0 Å². The summed E-state index contributed by atoms with van der Waals surface area (Å²) < 4.78 is 5.06. The smallest absolute Gasteiger partial charge is 0.257 e. The summed E-state index contributed by atoms with van der Waals surface area (Å²) in [7, 11) is 0. The summed E-state index contributed by atoms with van der Waals surface area (Å²) >= 11 is 0. The molecule has 24 heavy (non-hydrogen) atoms. The fourth-order valence-electron chi connectivity index (χ4n) is 3.11. The highest BCUT2D eigenvalue weighted by atomic mass is 35.5. The second kappa shape index (κ2) is 8.99. The molecule has 0 unspecified atom stereocenters. The summed E-state index contributed by atoms with van der Waals surface area (Å²) in [5.74, 6) is -0.109. The van der Waals surface area contributed by atoms with Crippen LogP contribution < -0.4 is 10.6 Å². The van der Waals surface area contributed by atoms with E-state index >= 15 is 0 Å². The van der Waals surface area contributed by atoms with Gasteiger partial charge in [0.05, 0.1) is 16.6 Å². The van der Waals surface area contributed by atoms with Crippen molar-refractivity contribution in [2.24, 2.45) is 0 Å². The molecule has 1 aliphatic rings. The predicted molar refractivity (Wildman–Crippen MR) is 95.6 cm³/mol. The third-order valence-corrected chi connectivity index (χ3v) is 4.47. The fourth-order valence-corrected chi connectivity index (χ4v) is 3.11. The molecule has 6 nitrogen and oxygen atoms in total. The van der Waals surface area contributed by atoms with Crippen molar-refractivity contribution in [3.8, 4) is 0 Å². The minimum absolute atomic E-state index is 0. The van der Waals surface area contributed by atoms with Gasteiger partial charge in [-0.15, -0.1) is 12.4 Å². The summed E-state index contributed by atoms with van der Waals surface area (Å²) in [6.07, 6.45) is 9.37. The van der Waals surface area contributed by atoms with Gasteiger partial charge >= 0.3 is 0 Å². The number of pyridine rings is 1. The van der Waals surface area contributed by atoms with Crippen LogP contribution in [0, 0.1) is 6.92 Å². The second-order valence-electron chi connectivity index (χ2n) is 6.24. The standard InChI is InChI=1S/C17H24N4O2.ClH/c1-12-15-10-13(11-20-17(15)23-21-12)16(22)19-9-8-18-14-6-4-2-3-5-7-14;/h10-11,14,18H,2-9H2,1H3,(H,19,22);1H. The monoisotopic (exact) mass is 352 g/mol. The zero-order chi connectivity index (χ0) is 16.1. The number of fused-ring (bicyclic) bond motifs is 1. The molecule has 1 saturated carbocycles. The van der Waals surface area contributed by atoms with Gasteiger partial charge in [0.15, 0.2) is 0 Å². The van der Waals surface area contributed by atoms with Crippen LogP contribution in [0.4, 0.5) is 0 Å². The summed E-state index contributed by atoms with van der Waals surface area (Å²) in [6, 6.07) is 2.38. The van der Waals surface area contributed by atoms with Crippen LogP contribution in [0.2, 0.25) is 0 Å². The van der Waals surface area contributed by atoms with E-state index < -0.39 is 0 Å². The minimum atomic E-state index is -0.109. The summed E-state index contributed by atoms with van der Waals surface area (Å²) in [6.45, 7) is 3.26. The summed E-state index contributed by atoms with van der Waals surface area (Å²) in [5.41, 5.74) is 1.75. The highest BCUT2D eigenvalue weighted by Gasteiger charge is 2.13. The van der Waals surface area contributed by atoms with Crippen molar-refractivity contribution in [3.05, 3.63) is 23.5 Å². The lowest BCUT2D eigenvalue weighted by atomic mass is 10.1. The minimum Gasteiger partial charge on any atom is -0.351 e. The molecule has 1 aliphatic carbocycles. The molecule has 1 fully saturated rings. The lowest BCUT2D eigenvalue weighted by molar-refractivity contribution is 0.0953. The van der Waals surface area contributed by atoms with E-state index in [2.05, 4.69) is 20.8 Å². The maximum atomic E-state index is 12.2. The lowest BCUT2D eigenvalue weighted by Gasteiger charge is -2.16. The Morgan fingerprint density at radius 2 is 2.00 bits per heavy atom. The first-order valence-corrected chi connectivity index (χ1v) is 8.47. The van der Waals surface area contributed by atoms with Gasteiger partial charge in [0.25, 0.3) is 11.6 Å². The van der Waals surface area contributed by atoms with Gasteiger partial charge < -0.3 is 15.2 Å². The molecule has 0 saturated heterocycles. The Balaban J connectivity index is 0.00000208. The maximum Gasteiger partial charge on any atom is 0.257 e. The molecule has 132 valence electrons. The van der Waals surface area contributed by atoms with Gasteiger partial charge in [-0.25, -0.2) is 4.98 Å². The first kappa shape index (κ1) is 18.7. The Morgan fingerprint density at radius 3 is 2.75 bits per heavy atom. The Morgan fingerprint density at radius 1 is 1.25 bits per heavy atom. The molecule has 3 rings (SSSR count). The van der Waals surface area contributed by atoms with Crippen molar-refractivity contribution >= 4 is 29.4 Å². The molecule has 0 bridgehead atoms. The Bertz CT molecular complexity index is 666. The van der Waals surface area contributed by atoms with Crippen LogP contribution in [0.3, 0.4) is 0 Å². The Hall–Kier alpha value is -1.66. The van der Waals surface area contributed by atoms with Crippen molar-refractivity contribution in [1.82, 2.24) is 20.8 Å². The predicted octanol–water partition coefficient (Wildman–Crippen LogP) is 3.00. The molecule has 2 N–H and O–H groups in total. The van der Waals surface area contributed by atoms with Crippen molar-refractivity contribution in [2.45, 2.75) is 51.5 Å². The molecular weight excluding hydrogens is 328 g/mol. The van der Waals surface area contributed by atoms with E-state index in [1.54, 1.807) is 6.07 Å². The van der Waals surface area contributed by atoms with Gasteiger partial charge in [-0.1, -0.05) is 30.8 Å². The molecule has 0 aliphatic heterocycles. The normalized spacial score (nSPS) is 15.7. The average Bonchev–Trinajstić information content (AvgIpc) is 2.77. The van der Waals surface area contributed by atoms with Gasteiger partial charge in [-0.05, 0) is 25.8 Å². The van der Waals surface area contributed by atoms with Crippen LogP contribution in [-0.4, -0.2) is 35.2 Å². The van der Waals surface area contributed by atoms with E-state index in [1.807, 2.05) is 6.92 Å². The quantitative estimate of drug-likeness (QED) is 0.638. The summed E-state index contributed by atoms with van der Waals surface area (Å²) in [5, 5.41) is 11.1. The Kier molecular flexibility index (Phi) is 6.99. The van der Waals surface area contributed by atoms with Crippen LogP contribution in [0.5, 0.6) is 0 Å². The van der Waals surface area contributed by atoms with Crippen molar-refractivity contribution < 1.29 is 9.32 Å². The van der Waals surface area contributed by atoms with Crippen molar-refractivity contribution in [3.63, 3.8) is 0 Å². The van der Waals surface area contributed by atoms with Crippen molar-refractivity contribution in [2.75, 3.05) is 13.1 Å². The second-order valence-corrected chi connectivity index (χ2v) is 6.24. The van der Waals surface area contributed by atoms with Crippen molar-refractivity contribution in [1.29, 1.82) is 0 Å². The number of aromatic nitrogens is 2.